The molecule has 2 aliphatic rings. The number of rotatable bonds is 4. The topological polar surface area (TPSA) is 44.2 Å². The molecule has 2 heterocycles. The van der Waals surface area contributed by atoms with E-state index in [1.54, 1.807) is 0 Å². The molecule has 0 unspecified atom stereocenters. The Morgan fingerprint density at radius 3 is 1.79 bits per heavy atom. The molecule has 1 aromatic heterocycles. The second-order valence-electron chi connectivity index (χ2n) is 12.6. The minimum absolute atomic E-state index is 0.111. The van der Waals surface area contributed by atoms with Crippen LogP contribution in [0.25, 0.3) is 56.2 Å². The Kier molecular flexibility index (Phi) is 6.12. The first-order chi connectivity index (χ1) is 23.0. The van der Waals surface area contributed by atoms with Gasteiger partial charge in [0.25, 0.3) is 0 Å². The predicted octanol–water partition coefficient (Wildman–Crippen LogP) is 11.3. The van der Waals surface area contributed by atoms with Crippen LogP contribution >= 0.6 is 0 Å². The molecule has 47 heavy (non-hydrogen) atoms. The molecule has 0 fully saturated rings. The van der Waals surface area contributed by atoms with Crippen LogP contribution in [0, 0.1) is 0 Å². The normalized spacial score (nSPS) is 13.4. The predicted molar refractivity (Wildman–Crippen MR) is 188 cm³/mol. The number of ether oxygens (including phenoxy) is 2. The van der Waals surface area contributed by atoms with E-state index in [1.165, 1.54) is 22.3 Å². The van der Waals surface area contributed by atoms with Crippen molar-refractivity contribution in [2.24, 2.45) is 0 Å². The number of fused-ring (bicyclic) bond motifs is 5. The molecule has 9 rings (SSSR count). The molecule has 224 valence electrons. The van der Waals surface area contributed by atoms with Gasteiger partial charge in [-0.05, 0) is 63.7 Å². The van der Waals surface area contributed by atoms with Crippen LogP contribution in [0.4, 0.5) is 0 Å². The van der Waals surface area contributed by atoms with Crippen molar-refractivity contribution in [3.05, 3.63) is 157 Å². The molecule has 0 bridgehead atoms. The van der Waals surface area contributed by atoms with Gasteiger partial charge in [-0.1, -0.05) is 129 Å². The summed E-state index contributed by atoms with van der Waals surface area (Å²) in [5.74, 6) is 3.55. The third-order valence-electron chi connectivity index (χ3n) is 9.37. The first-order valence-corrected chi connectivity index (χ1v) is 15.9. The molecule has 0 radical (unpaired) electrons. The summed E-state index contributed by atoms with van der Waals surface area (Å²) < 4.78 is 13.1. The van der Waals surface area contributed by atoms with Crippen molar-refractivity contribution in [1.29, 1.82) is 0 Å². The van der Waals surface area contributed by atoms with Gasteiger partial charge in [-0.15, -0.1) is 0 Å². The van der Waals surface area contributed by atoms with Crippen LogP contribution in [-0.2, 0) is 5.41 Å². The second-order valence-corrected chi connectivity index (χ2v) is 12.6. The van der Waals surface area contributed by atoms with Crippen LogP contribution < -0.4 is 9.47 Å². The van der Waals surface area contributed by atoms with Crippen LogP contribution in [0.5, 0.6) is 23.0 Å². The number of nitrogens with zero attached hydrogens (tertiary/aromatic N) is 2. The highest BCUT2D eigenvalue weighted by Crippen LogP contribution is 2.55. The molecule has 0 amide bonds. The summed E-state index contributed by atoms with van der Waals surface area (Å²) in [6.45, 7) is 4.54. The number of hydrogen-bond donors (Lipinski definition) is 0. The van der Waals surface area contributed by atoms with Crippen LogP contribution in [0.3, 0.4) is 0 Å². The number of hydrogen-bond acceptors (Lipinski definition) is 4. The largest absolute Gasteiger partial charge is 0.450 e. The molecule has 1 aliphatic carbocycles. The maximum absolute atomic E-state index is 6.60. The van der Waals surface area contributed by atoms with E-state index in [2.05, 4.69) is 105 Å². The minimum Gasteiger partial charge on any atom is -0.450 e. The quantitative estimate of drug-likeness (QED) is 0.200. The smallest absolute Gasteiger partial charge is 0.170 e. The van der Waals surface area contributed by atoms with Gasteiger partial charge in [0.1, 0.15) is 0 Å². The van der Waals surface area contributed by atoms with Crippen LogP contribution in [0.15, 0.2) is 146 Å². The zero-order valence-corrected chi connectivity index (χ0v) is 26.1. The van der Waals surface area contributed by atoms with Gasteiger partial charge in [0.2, 0.25) is 0 Å². The van der Waals surface area contributed by atoms with E-state index < -0.39 is 0 Å². The van der Waals surface area contributed by atoms with Crippen molar-refractivity contribution in [3.63, 3.8) is 0 Å². The third kappa shape index (κ3) is 4.52. The summed E-state index contributed by atoms with van der Waals surface area (Å²) in [6, 6.07) is 49.9. The average Bonchev–Trinajstić information content (AvgIpc) is 3.35. The molecule has 7 aromatic rings. The summed E-state index contributed by atoms with van der Waals surface area (Å²) in [6.07, 6.45) is 0. The van der Waals surface area contributed by atoms with Gasteiger partial charge in [-0.25, -0.2) is 9.97 Å². The van der Waals surface area contributed by atoms with E-state index in [-0.39, 0.29) is 5.41 Å². The number of aromatic nitrogens is 2. The van der Waals surface area contributed by atoms with Crippen LogP contribution in [0.2, 0.25) is 0 Å². The first-order valence-electron chi connectivity index (χ1n) is 15.9. The van der Waals surface area contributed by atoms with Crippen molar-refractivity contribution in [1.82, 2.24) is 9.97 Å². The van der Waals surface area contributed by atoms with Gasteiger partial charge >= 0.3 is 0 Å². The highest BCUT2D eigenvalue weighted by atomic mass is 16.6. The Labute approximate surface area is 274 Å². The van der Waals surface area contributed by atoms with Gasteiger partial charge in [0, 0.05) is 22.1 Å². The molecular weight excluding hydrogens is 576 g/mol. The Hall–Kier alpha value is -6.00. The van der Waals surface area contributed by atoms with Gasteiger partial charge in [-0.2, -0.15) is 0 Å². The second kappa shape index (κ2) is 10.5. The molecule has 0 spiro atoms. The molecule has 0 saturated carbocycles. The highest BCUT2D eigenvalue weighted by molar-refractivity contribution is 5.86. The maximum atomic E-state index is 6.60. The van der Waals surface area contributed by atoms with Crippen LogP contribution in [-0.4, -0.2) is 9.97 Å². The minimum atomic E-state index is -0.111. The molecule has 1 aliphatic heterocycles. The highest BCUT2D eigenvalue weighted by Gasteiger charge is 2.37. The van der Waals surface area contributed by atoms with E-state index in [0.29, 0.717) is 17.3 Å². The molecule has 0 N–H and O–H groups in total. The number of benzene rings is 6. The van der Waals surface area contributed by atoms with Gasteiger partial charge < -0.3 is 9.47 Å². The first kappa shape index (κ1) is 27.3. The van der Waals surface area contributed by atoms with Crippen LogP contribution in [0.1, 0.15) is 25.0 Å². The standard InChI is InChI=1S/C43H30N2O2/c1-43(2)34-20-12-11-18-31(34)33-24-40-41(25-35(33)43)46-38-22-21-29(23-39(38)47-40)30-17-9-10-19-32(30)37-26-36(27-13-5-3-6-14-27)44-42(45-37)28-15-7-4-8-16-28/h3-26H,1-2H3. The molecule has 4 nitrogen and oxygen atoms in total. The Bertz CT molecular complexity index is 2270. The molecule has 0 atom stereocenters. The van der Waals surface area contributed by atoms with E-state index >= 15 is 0 Å². The molecule has 4 heteroatoms. The fourth-order valence-electron chi connectivity index (χ4n) is 6.96. The summed E-state index contributed by atoms with van der Waals surface area (Å²) in [5.41, 5.74) is 11.7. The Morgan fingerprint density at radius 2 is 1.00 bits per heavy atom. The fraction of sp³-hybridized carbons (Fsp3) is 0.0698. The van der Waals surface area contributed by atoms with Crippen molar-refractivity contribution < 1.29 is 9.47 Å². The average molecular weight is 607 g/mol. The summed E-state index contributed by atoms with van der Waals surface area (Å²) >= 11 is 0. The van der Waals surface area contributed by atoms with E-state index in [9.17, 15) is 0 Å². The fourth-order valence-corrected chi connectivity index (χ4v) is 6.96. The van der Waals surface area contributed by atoms with Crippen molar-refractivity contribution in [2.75, 3.05) is 0 Å². The Morgan fingerprint density at radius 1 is 0.404 bits per heavy atom. The van der Waals surface area contributed by atoms with Crippen molar-refractivity contribution in [3.8, 4) is 79.2 Å². The van der Waals surface area contributed by atoms with Crippen molar-refractivity contribution >= 4 is 0 Å². The molecular formula is C43H30N2O2. The van der Waals surface area contributed by atoms with Gasteiger partial charge in [-0.3, -0.25) is 0 Å². The van der Waals surface area contributed by atoms with E-state index in [1.807, 2.05) is 54.6 Å². The lowest BCUT2D eigenvalue weighted by Crippen LogP contribution is -2.15. The maximum Gasteiger partial charge on any atom is 0.170 e. The van der Waals surface area contributed by atoms with Gasteiger partial charge in [0.05, 0.1) is 11.4 Å². The summed E-state index contributed by atoms with van der Waals surface area (Å²) in [7, 11) is 0. The summed E-state index contributed by atoms with van der Waals surface area (Å²) in [4.78, 5) is 10.1. The van der Waals surface area contributed by atoms with E-state index in [0.717, 1.165) is 50.7 Å². The summed E-state index contributed by atoms with van der Waals surface area (Å²) in [5, 5.41) is 0. The zero-order chi connectivity index (χ0) is 31.5. The zero-order valence-electron chi connectivity index (χ0n) is 26.1. The third-order valence-corrected chi connectivity index (χ3v) is 9.37. The van der Waals surface area contributed by atoms with Gasteiger partial charge in [0.15, 0.2) is 28.8 Å². The monoisotopic (exact) mass is 606 g/mol. The Balaban J connectivity index is 1.13. The molecule has 0 saturated heterocycles. The van der Waals surface area contributed by atoms with Crippen molar-refractivity contribution in [2.45, 2.75) is 19.3 Å². The molecule has 6 aromatic carbocycles. The van der Waals surface area contributed by atoms with E-state index in [4.69, 9.17) is 19.4 Å². The lowest BCUT2D eigenvalue weighted by molar-refractivity contribution is 0.359. The SMILES string of the molecule is CC1(C)c2ccccc2-c2cc3c(cc21)Oc1ccc(-c2ccccc2-c2cc(-c4ccccc4)nc(-c4ccccc4)n2)cc1O3. The lowest BCUT2D eigenvalue weighted by Gasteiger charge is -2.25. The lowest BCUT2D eigenvalue weighted by atomic mass is 9.82.